The molecule has 146 valence electrons. The summed E-state index contributed by atoms with van der Waals surface area (Å²) in [5.74, 6) is 2.25. The third-order valence-corrected chi connectivity index (χ3v) is 5.20. The van der Waals surface area contributed by atoms with Crippen molar-refractivity contribution in [1.29, 1.82) is 0 Å². The van der Waals surface area contributed by atoms with Crippen LogP contribution in [0.15, 0.2) is 23.2 Å². The molecule has 6 nitrogen and oxygen atoms in total. The standard InChI is InChI=1S/C19H26ClFN6/c1-12-24-17-8-6-14(10-27(17)26-12)25-18(22-4)23-11-19(2,3)15-7-5-13(21)9-16(15)20/h5,7,9,14H,6,8,10-11H2,1-4H3,(H2,22,23,25). The fourth-order valence-electron chi connectivity index (χ4n) is 3.38. The Morgan fingerprint density at radius 3 is 2.93 bits per heavy atom. The first-order valence-electron chi connectivity index (χ1n) is 9.11. The molecule has 2 N–H and O–H groups in total. The number of aromatic nitrogens is 3. The minimum Gasteiger partial charge on any atom is -0.356 e. The molecule has 2 aromatic rings. The Morgan fingerprint density at radius 2 is 2.22 bits per heavy atom. The van der Waals surface area contributed by atoms with Crippen molar-refractivity contribution >= 4 is 17.6 Å². The van der Waals surface area contributed by atoms with Crippen LogP contribution in [0.2, 0.25) is 5.02 Å². The van der Waals surface area contributed by atoms with E-state index in [1.165, 1.54) is 12.1 Å². The van der Waals surface area contributed by atoms with Gasteiger partial charge in [-0.1, -0.05) is 31.5 Å². The number of fused-ring (bicyclic) bond motifs is 1. The van der Waals surface area contributed by atoms with Crippen molar-refractivity contribution in [3.8, 4) is 0 Å². The number of halogens is 2. The normalized spacial score (nSPS) is 17.6. The Hall–Kier alpha value is -2.15. The van der Waals surface area contributed by atoms with Crippen LogP contribution in [0.5, 0.6) is 0 Å². The largest absolute Gasteiger partial charge is 0.356 e. The van der Waals surface area contributed by atoms with E-state index in [4.69, 9.17) is 11.6 Å². The fraction of sp³-hybridized carbons (Fsp3) is 0.526. The van der Waals surface area contributed by atoms with Crippen LogP contribution >= 0.6 is 11.6 Å². The van der Waals surface area contributed by atoms with Gasteiger partial charge in [0.15, 0.2) is 5.96 Å². The smallest absolute Gasteiger partial charge is 0.191 e. The summed E-state index contributed by atoms with van der Waals surface area (Å²) in [6.45, 7) is 7.42. The number of aliphatic imine (C=N–C) groups is 1. The lowest BCUT2D eigenvalue weighted by Crippen LogP contribution is -2.49. The summed E-state index contributed by atoms with van der Waals surface area (Å²) < 4.78 is 15.3. The Labute approximate surface area is 164 Å². The molecule has 0 bridgehead atoms. The number of hydrogen-bond donors (Lipinski definition) is 2. The van der Waals surface area contributed by atoms with Gasteiger partial charge in [0.2, 0.25) is 0 Å². The van der Waals surface area contributed by atoms with Crippen LogP contribution in [-0.2, 0) is 18.4 Å². The monoisotopic (exact) mass is 392 g/mol. The molecule has 0 fully saturated rings. The molecule has 0 radical (unpaired) electrons. The average molecular weight is 393 g/mol. The molecule has 2 heterocycles. The van der Waals surface area contributed by atoms with Crippen molar-refractivity contribution in [3.05, 3.63) is 46.3 Å². The van der Waals surface area contributed by atoms with Gasteiger partial charge in [-0.2, -0.15) is 5.10 Å². The van der Waals surface area contributed by atoms with Crippen molar-refractivity contribution in [2.45, 2.75) is 51.6 Å². The van der Waals surface area contributed by atoms with Crippen molar-refractivity contribution in [1.82, 2.24) is 25.4 Å². The van der Waals surface area contributed by atoms with E-state index in [1.807, 2.05) is 11.6 Å². The van der Waals surface area contributed by atoms with Gasteiger partial charge in [0.25, 0.3) is 0 Å². The molecule has 0 spiro atoms. The number of nitrogens with zero attached hydrogens (tertiary/aromatic N) is 4. The summed E-state index contributed by atoms with van der Waals surface area (Å²) in [5.41, 5.74) is 0.611. The molecular formula is C19H26ClFN6. The Bertz CT molecular complexity index is 845. The van der Waals surface area contributed by atoms with Gasteiger partial charge in [0, 0.05) is 36.5 Å². The van der Waals surface area contributed by atoms with E-state index in [9.17, 15) is 4.39 Å². The first-order chi connectivity index (χ1) is 12.8. The molecule has 27 heavy (non-hydrogen) atoms. The summed E-state index contributed by atoms with van der Waals surface area (Å²) in [4.78, 5) is 8.77. The third kappa shape index (κ3) is 4.58. The minimum absolute atomic E-state index is 0.238. The quantitative estimate of drug-likeness (QED) is 0.620. The number of benzene rings is 1. The van der Waals surface area contributed by atoms with Gasteiger partial charge in [-0.15, -0.1) is 0 Å². The molecule has 0 saturated carbocycles. The highest BCUT2D eigenvalue weighted by Crippen LogP contribution is 2.29. The number of hydrogen-bond acceptors (Lipinski definition) is 3. The maximum absolute atomic E-state index is 13.3. The number of guanidine groups is 1. The highest BCUT2D eigenvalue weighted by molar-refractivity contribution is 6.31. The molecular weight excluding hydrogens is 367 g/mol. The molecule has 0 saturated heterocycles. The van der Waals surface area contributed by atoms with E-state index < -0.39 is 0 Å². The SMILES string of the molecule is CN=C(NCC(C)(C)c1ccc(F)cc1Cl)NC1CCc2nc(C)nn2C1. The summed E-state index contributed by atoms with van der Waals surface area (Å²) >= 11 is 6.24. The second-order valence-corrected chi connectivity index (χ2v) is 7.98. The Balaban J connectivity index is 1.60. The first kappa shape index (κ1) is 19.6. The van der Waals surface area contributed by atoms with Gasteiger partial charge >= 0.3 is 0 Å². The van der Waals surface area contributed by atoms with Crippen LogP contribution in [0.3, 0.4) is 0 Å². The zero-order chi connectivity index (χ0) is 19.6. The molecule has 8 heteroatoms. The first-order valence-corrected chi connectivity index (χ1v) is 9.49. The highest BCUT2D eigenvalue weighted by Gasteiger charge is 2.25. The van der Waals surface area contributed by atoms with E-state index in [0.717, 1.165) is 42.6 Å². The number of nitrogens with one attached hydrogen (secondary N) is 2. The number of rotatable bonds is 4. The molecule has 1 aromatic carbocycles. The van der Waals surface area contributed by atoms with E-state index in [0.29, 0.717) is 11.6 Å². The van der Waals surface area contributed by atoms with Gasteiger partial charge in [-0.3, -0.25) is 4.99 Å². The summed E-state index contributed by atoms with van der Waals surface area (Å²) in [6, 6.07) is 4.77. The third-order valence-electron chi connectivity index (χ3n) is 4.89. The van der Waals surface area contributed by atoms with Gasteiger partial charge in [0.05, 0.1) is 6.54 Å². The molecule has 3 rings (SSSR count). The average Bonchev–Trinajstić information content (AvgIpc) is 2.97. The molecule has 1 aliphatic rings. The fourth-order valence-corrected chi connectivity index (χ4v) is 3.80. The summed E-state index contributed by atoms with van der Waals surface area (Å²) in [5, 5.41) is 11.7. The van der Waals surface area contributed by atoms with Crippen LogP contribution < -0.4 is 10.6 Å². The van der Waals surface area contributed by atoms with Crippen molar-refractivity contribution in [2.24, 2.45) is 4.99 Å². The second-order valence-electron chi connectivity index (χ2n) is 7.57. The van der Waals surface area contributed by atoms with Crippen LogP contribution in [-0.4, -0.2) is 40.4 Å². The van der Waals surface area contributed by atoms with Crippen molar-refractivity contribution in [2.75, 3.05) is 13.6 Å². The van der Waals surface area contributed by atoms with E-state index in [-0.39, 0.29) is 17.3 Å². The molecule has 1 aromatic heterocycles. The predicted molar refractivity (Wildman–Crippen MR) is 106 cm³/mol. The van der Waals surface area contributed by atoms with Crippen LogP contribution in [0.25, 0.3) is 0 Å². The minimum atomic E-state index is -0.329. The molecule has 0 amide bonds. The maximum atomic E-state index is 13.3. The predicted octanol–water partition coefficient (Wildman–Crippen LogP) is 2.84. The van der Waals surface area contributed by atoms with Gasteiger partial charge in [-0.05, 0) is 31.0 Å². The van der Waals surface area contributed by atoms with E-state index >= 15 is 0 Å². The molecule has 1 aliphatic heterocycles. The van der Waals surface area contributed by atoms with Gasteiger partial charge in [-0.25, -0.2) is 14.1 Å². The van der Waals surface area contributed by atoms with Gasteiger partial charge in [0.1, 0.15) is 17.5 Å². The summed E-state index contributed by atoms with van der Waals surface area (Å²) in [6.07, 6.45) is 1.87. The van der Waals surface area contributed by atoms with Gasteiger partial charge < -0.3 is 10.6 Å². The van der Waals surface area contributed by atoms with Crippen molar-refractivity contribution in [3.63, 3.8) is 0 Å². The molecule has 1 atom stereocenters. The van der Waals surface area contributed by atoms with Crippen LogP contribution in [0.4, 0.5) is 4.39 Å². The lowest BCUT2D eigenvalue weighted by atomic mass is 9.84. The Morgan fingerprint density at radius 1 is 1.44 bits per heavy atom. The zero-order valence-electron chi connectivity index (χ0n) is 16.2. The molecule has 0 aliphatic carbocycles. The van der Waals surface area contributed by atoms with Crippen molar-refractivity contribution < 1.29 is 4.39 Å². The van der Waals surface area contributed by atoms with Crippen LogP contribution in [0.1, 0.15) is 37.5 Å². The molecule has 1 unspecified atom stereocenters. The highest BCUT2D eigenvalue weighted by atomic mass is 35.5. The lowest BCUT2D eigenvalue weighted by Gasteiger charge is -2.30. The number of aryl methyl sites for hydroxylation is 2. The summed E-state index contributed by atoms with van der Waals surface area (Å²) in [7, 11) is 1.75. The Kier molecular flexibility index (Phi) is 5.69. The lowest BCUT2D eigenvalue weighted by molar-refractivity contribution is 0.390. The van der Waals surface area contributed by atoms with Crippen LogP contribution in [0, 0.1) is 12.7 Å². The second kappa shape index (κ2) is 7.84. The van der Waals surface area contributed by atoms with E-state index in [2.05, 4.69) is 39.6 Å². The topological polar surface area (TPSA) is 67.1 Å². The zero-order valence-corrected chi connectivity index (χ0v) is 16.9. The van der Waals surface area contributed by atoms with E-state index in [1.54, 1.807) is 13.1 Å². The maximum Gasteiger partial charge on any atom is 0.191 e.